The quantitative estimate of drug-likeness (QED) is 0.800. The SMILES string of the molecule is CS(=O)(=O)c1cccc2[nH]c(CCCCO)nc12. The summed E-state index contributed by atoms with van der Waals surface area (Å²) in [4.78, 5) is 7.70. The molecule has 0 aliphatic heterocycles. The highest BCUT2D eigenvalue weighted by atomic mass is 32.2. The van der Waals surface area contributed by atoms with Gasteiger partial charge >= 0.3 is 0 Å². The largest absolute Gasteiger partial charge is 0.396 e. The van der Waals surface area contributed by atoms with Crippen LogP contribution in [-0.2, 0) is 16.3 Å². The van der Waals surface area contributed by atoms with Crippen LogP contribution < -0.4 is 0 Å². The Labute approximate surface area is 106 Å². The van der Waals surface area contributed by atoms with E-state index in [2.05, 4.69) is 9.97 Å². The Morgan fingerprint density at radius 2 is 2.11 bits per heavy atom. The van der Waals surface area contributed by atoms with E-state index in [1.807, 2.05) is 6.07 Å². The van der Waals surface area contributed by atoms with E-state index in [0.29, 0.717) is 11.9 Å². The van der Waals surface area contributed by atoms with Crippen molar-refractivity contribution in [1.82, 2.24) is 9.97 Å². The van der Waals surface area contributed by atoms with E-state index < -0.39 is 9.84 Å². The normalized spacial score (nSPS) is 12.1. The molecule has 0 radical (unpaired) electrons. The summed E-state index contributed by atoms with van der Waals surface area (Å²) in [7, 11) is -3.26. The molecule has 0 spiro atoms. The molecule has 0 atom stereocenters. The van der Waals surface area contributed by atoms with E-state index in [0.717, 1.165) is 24.2 Å². The Hall–Kier alpha value is -1.40. The first-order valence-electron chi connectivity index (χ1n) is 5.81. The van der Waals surface area contributed by atoms with Gasteiger partial charge in [-0.25, -0.2) is 13.4 Å². The van der Waals surface area contributed by atoms with E-state index in [9.17, 15) is 8.42 Å². The summed E-state index contributed by atoms with van der Waals surface area (Å²) in [5, 5.41) is 8.72. The number of nitrogens with zero attached hydrogens (tertiary/aromatic N) is 1. The average Bonchev–Trinajstić information content (AvgIpc) is 2.70. The van der Waals surface area contributed by atoms with Crippen molar-refractivity contribution in [2.75, 3.05) is 12.9 Å². The first kappa shape index (κ1) is 13.0. The average molecular weight is 268 g/mol. The van der Waals surface area contributed by atoms with Gasteiger partial charge in [0.05, 0.1) is 10.4 Å². The van der Waals surface area contributed by atoms with E-state index in [1.165, 1.54) is 6.26 Å². The Bertz CT molecular complexity index is 646. The van der Waals surface area contributed by atoms with Gasteiger partial charge in [-0.3, -0.25) is 0 Å². The lowest BCUT2D eigenvalue weighted by molar-refractivity contribution is 0.284. The lowest BCUT2D eigenvalue weighted by Gasteiger charge is -1.97. The Balaban J connectivity index is 2.39. The van der Waals surface area contributed by atoms with Crippen molar-refractivity contribution in [2.24, 2.45) is 0 Å². The summed E-state index contributed by atoms with van der Waals surface area (Å²) in [5.41, 5.74) is 1.23. The van der Waals surface area contributed by atoms with Crippen LogP contribution in [-0.4, -0.2) is 36.4 Å². The fourth-order valence-electron chi connectivity index (χ4n) is 1.88. The standard InChI is InChI=1S/C12H16N2O3S/c1-18(16,17)10-6-4-5-9-12(10)14-11(13-9)7-2-3-8-15/h4-6,15H,2-3,7-8H2,1H3,(H,13,14). The lowest BCUT2D eigenvalue weighted by Crippen LogP contribution is -1.97. The highest BCUT2D eigenvalue weighted by molar-refractivity contribution is 7.91. The number of hydrogen-bond acceptors (Lipinski definition) is 4. The van der Waals surface area contributed by atoms with Crippen molar-refractivity contribution < 1.29 is 13.5 Å². The van der Waals surface area contributed by atoms with E-state index in [4.69, 9.17) is 5.11 Å². The van der Waals surface area contributed by atoms with Crippen LogP contribution in [0.25, 0.3) is 11.0 Å². The first-order valence-corrected chi connectivity index (χ1v) is 7.70. The van der Waals surface area contributed by atoms with Crippen LogP contribution in [0.15, 0.2) is 23.1 Å². The predicted octanol–water partition coefficient (Wildman–Crippen LogP) is 1.28. The second-order valence-corrected chi connectivity index (χ2v) is 6.27. The summed E-state index contributed by atoms with van der Waals surface area (Å²) in [6.07, 6.45) is 3.43. The number of aliphatic hydroxyl groups excluding tert-OH is 1. The minimum Gasteiger partial charge on any atom is -0.396 e. The van der Waals surface area contributed by atoms with Gasteiger partial charge in [-0.1, -0.05) is 6.07 Å². The number of para-hydroxylation sites is 1. The number of H-pyrrole nitrogens is 1. The van der Waals surface area contributed by atoms with Crippen molar-refractivity contribution in [3.8, 4) is 0 Å². The molecule has 0 saturated carbocycles. The molecule has 18 heavy (non-hydrogen) atoms. The van der Waals surface area contributed by atoms with Crippen LogP contribution >= 0.6 is 0 Å². The molecule has 1 aromatic heterocycles. The summed E-state index contributed by atoms with van der Waals surface area (Å²) < 4.78 is 23.3. The Morgan fingerprint density at radius 3 is 2.78 bits per heavy atom. The number of sulfone groups is 1. The topological polar surface area (TPSA) is 83.0 Å². The maximum absolute atomic E-state index is 11.6. The van der Waals surface area contributed by atoms with Crippen LogP contribution in [0.4, 0.5) is 0 Å². The summed E-state index contributed by atoms with van der Waals surface area (Å²) >= 11 is 0. The molecule has 0 saturated heterocycles. The summed E-state index contributed by atoms with van der Waals surface area (Å²) in [6, 6.07) is 5.08. The zero-order chi connectivity index (χ0) is 13.2. The highest BCUT2D eigenvalue weighted by Gasteiger charge is 2.14. The number of aromatic nitrogens is 2. The number of hydrogen-bond donors (Lipinski definition) is 2. The van der Waals surface area contributed by atoms with E-state index >= 15 is 0 Å². The maximum Gasteiger partial charge on any atom is 0.177 e. The van der Waals surface area contributed by atoms with Crippen molar-refractivity contribution in [3.05, 3.63) is 24.0 Å². The second kappa shape index (κ2) is 5.07. The molecule has 1 heterocycles. The first-order chi connectivity index (χ1) is 8.52. The molecule has 2 N–H and O–H groups in total. The molecule has 98 valence electrons. The lowest BCUT2D eigenvalue weighted by atomic mass is 10.2. The van der Waals surface area contributed by atoms with Gasteiger partial charge in [0.15, 0.2) is 9.84 Å². The van der Waals surface area contributed by atoms with Crippen LogP contribution in [0, 0.1) is 0 Å². The highest BCUT2D eigenvalue weighted by Crippen LogP contribution is 2.21. The number of rotatable bonds is 5. The second-order valence-electron chi connectivity index (χ2n) is 4.29. The van der Waals surface area contributed by atoms with Crippen LogP contribution in [0.1, 0.15) is 18.7 Å². The van der Waals surface area contributed by atoms with Gasteiger partial charge in [-0.05, 0) is 25.0 Å². The molecule has 2 rings (SSSR count). The van der Waals surface area contributed by atoms with Gasteiger partial charge < -0.3 is 10.1 Å². The molecule has 6 heteroatoms. The maximum atomic E-state index is 11.6. The number of aromatic amines is 1. The zero-order valence-electron chi connectivity index (χ0n) is 10.2. The minimum atomic E-state index is -3.26. The van der Waals surface area contributed by atoms with Gasteiger partial charge in [-0.15, -0.1) is 0 Å². The van der Waals surface area contributed by atoms with Crippen LogP contribution in [0.3, 0.4) is 0 Å². The third-order valence-corrected chi connectivity index (χ3v) is 3.87. The fraction of sp³-hybridized carbons (Fsp3) is 0.417. The number of nitrogens with one attached hydrogen (secondary N) is 1. The molecule has 1 aromatic carbocycles. The smallest absolute Gasteiger partial charge is 0.177 e. The molecule has 0 bridgehead atoms. The molecular formula is C12H16N2O3S. The third-order valence-electron chi connectivity index (χ3n) is 2.75. The van der Waals surface area contributed by atoms with Gasteiger partial charge in [0.2, 0.25) is 0 Å². The summed E-state index contributed by atoms with van der Waals surface area (Å²) in [6.45, 7) is 0.162. The molecule has 0 aliphatic carbocycles. The van der Waals surface area contributed by atoms with Gasteiger partial charge in [-0.2, -0.15) is 0 Å². The number of fused-ring (bicyclic) bond motifs is 1. The molecule has 5 nitrogen and oxygen atoms in total. The molecule has 0 amide bonds. The molecule has 0 fully saturated rings. The molecule has 0 unspecified atom stereocenters. The van der Waals surface area contributed by atoms with Crippen molar-refractivity contribution >= 4 is 20.9 Å². The van der Waals surface area contributed by atoms with Gasteiger partial charge in [0, 0.05) is 19.3 Å². The van der Waals surface area contributed by atoms with Crippen molar-refractivity contribution in [1.29, 1.82) is 0 Å². The van der Waals surface area contributed by atoms with Crippen molar-refractivity contribution in [2.45, 2.75) is 24.2 Å². The molecule has 0 aliphatic rings. The number of aliphatic hydroxyl groups is 1. The number of imidazole rings is 1. The molecular weight excluding hydrogens is 252 g/mol. The van der Waals surface area contributed by atoms with E-state index in [-0.39, 0.29) is 11.5 Å². The fourth-order valence-corrected chi connectivity index (χ4v) is 2.71. The van der Waals surface area contributed by atoms with Gasteiger partial charge in [0.25, 0.3) is 0 Å². The van der Waals surface area contributed by atoms with Gasteiger partial charge in [0.1, 0.15) is 11.3 Å². The third kappa shape index (κ3) is 2.70. The number of unbranched alkanes of at least 4 members (excludes halogenated alkanes) is 1. The molecule has 2 aromatic rings. The zero-order valence-corrected chi connectivity index (χ0v) is 11.0. The summed E-state index contributed by atoms with van der Waals surface area (Å²) in [5.74, 6) is 0.759. The Morgan fingerprint density at radius 1 is 1.33 bits per heavy atom. The monoisotopic (exact) mass is 268 g/mol. The van der Waals surface area contributed by atoms with Crippen LogP contribution in [0.5, 0.6) is 0 Å². The Kier molecular flexibility index (Phi) is 3.68. The van der Waals surface area contributed by atoms with E-state index in [1.54, 1.807) is 12.1 Å². The number of aryl methyl sites for hydroxylation is 1. The van der Waals surface area contributed by atoms with Crippen molar-refractivity contribution in [3.63, 3.8) is 0 Å². The number of benzene rings is 1. The minimum absolute atomic E-state index is 0.162. The predicted molar refractivity (Wildman–Crippen MR) is 69.2 cm³/mol. The van der Waals surface area contributed by atoms with Crippen LogP contribution in [0.2, 0.25) is 0 Å².